The molecule has 0 bridgehead atoms. The van der Waals surface area contributed by atoms with Gasteiger partial charge in [0.25, 0.3) is 0 Å². The van der Waals surface area contributed by atoms with Gasteiger partial charge in [-0.1, -0.05) is 30.3 Å². The maximum atomic E-state index is 9.28. The molecule has 3 nitrogen and oxygen atoms in total. The highest BCUT2D eigenvalue weighted by Crippen LogP contribution is 2.15. The summed E-state index contributed by atoms with van der Waals surface area (Å²) in [6.07, 6.45) is -0.764. The van der Waals surface area contributed by atoms with E-state index in [0.717, 1.165) is 5.56 Å². The second kappa shape index (κ2) is 3.23. The van der Waals surface area contributed by atoms with Crippen molar-refractivity contribution in [1.82, 2.24) is 0 Å². The van der Waals surface area contributed by atoms with Gasteiger partial charge in [0.2, 0.25) is 0 Å². The molecular formula is C9H14N2O. The maximum Gasteiger partial charge on any atom is 0.116 e. The fourth-order valence-electron chi connectivity index (χ4n) is 0.968. The molecule has 0 saturated heterocycles. The predicted octanol–water partition coefficient (Wildman–Crippen LogP) is 0.138. The zero-order chi connectivity index (χ0) is 9.19. The van der Waals surface area contributed by atoms with E-state index in [-0.39, 0.29) is 0 Å². The highest BCUT2D eigenvalue weighted by Gasteiger charge is 2.27. The summed E-state index contributed by atoms with van der Waals surface area (Å²) in [6, 6.07) is 9.15. The number of hydrogen-bond acceptors (Lipinski definition) is 3. The molecule has 0 spiro atoms. The molecule has 0 aliphatic heterocycles. The van der Waals surface area contributed by atoms with Crippen molar-refractivity contribution in [3.63, 3.8) is 0 Å². The third kappa shape index (κ3) is 1.64. The minimum atomic E-state index is -1.15. The van der Waals surface area contributed by atoms with Gasteiger partial charge < -0.3 is 16.6 Å². The van der Waals surface area contributed by atoms with Crippen molar-refractivity contribution in [2.24, 2.45) is 11.5 Å². The van der Waals surface area contributed by atoms with E-state index >= 15 is 0 Å². The van der Waals surface area contributed by atoms with Crippen LogP contribution in [0.1, 0.15) is 12.5 Å². The molecule has 0 fully saturated rings. The summed E-state index contributed by atoms with van der Waals surface area (Å²) in [6.45, 7) is 1.58. The molecule has 1 unspecified atom stereocenters. The van der Waals surface area contributed by atoms with Crippen LogP contribution in [0.15, 0.2) is 30.3 Å². The highest BCUT2D eigenvalue weighted by molar-refractivity contribution is 5.23. The van der Waals surface area contributed by atoms with Crippen LogP contribution >= 0.6 is 0 Å². The van der Waals surface area contributed by atoms with E-state index in [2.05, 4.69) is 0 Å². The lowest BCUT2D eigenvalue weighted by Crippen LogP contribution is -2.54. The third-order valence-corrected chi connectivity index (χ3v) is 1.97. The SMILES string of the molecule is CC(O)C(N)(N)c1ccccc1. The van der Waals surface area contributed by atoms with Crippen LogP contribution in [-0.4, -0.2) is 11.2 Å². The molecule has 1 atom stereocenters. The van der Waals surface area contributed by atoms with Crippen LogP contribution < -0.4 is 11.5 Å². The van der Waals surface area contributed by atoms with Gasteiger partial charge >= 0.3 is 0 Å². The zero-order valence-corrected chi connectivity index (χ0v) is 7.07. The molecule has 66 valence electrons. The van der Waals surface area contributed by atoms with E-state index in [4.69, 9.17) is 11.5 Å². The van der Waals surface area contributed by atoms with Gasteiger partial charge in [-0.05, 0) is 12.5 Å². The molecule has 0 saturated carbocycles. The highest BCUT2D eigenvalue weighted by atomic mass is 16.3. The third-order valence-electron chi connectivity index (χ3n) is 1.97. The summed E-state index contributed by atoms with van der Waals surface area (Å²) in [5, 5.41) is 9.28. The summed E-state index contributed by atoms with van der Waals surface area (Å²) in [7, 11) is 0. The average Bonchev–Trinajstić information content (AvgIpc) is 2.06. The molecule has 3 heteroatoms. The first kappa shape index (κ1) is 9.19. The molecule has 0 aliphatic rings. The fourth-order valence-corrected chi connectivity index (χ4v) is 0.968. The largest absolute Gasteiger partial charge is 0.390 e. The Labute approximate surface area is 72.0 Å². The van der Waals surface area contributed by atoms with E-state index in [9.17, 15) is 5.11 Å². The summed E-state index contributed by atoms with van der Waals surface area (Å²) < 4.78 is 0. The van der Waals surface area contributed by atoms with E-state index in [1.54, 1.807) is 19.1 Å². The van der Waals surface area contributed by atoms with Crippen molar-refractivity contribution in [1.29, 1.82) is 0 Å². The number of nitrogens with two attached hydrogens (primary N) is 2. The molecule has 0 aromatic heterocycles. The van der Waals surface area contributed by atoms with Crippen molar-refractivity contribution in [3.8, 4) is 0 Å². The summed E-state index contributed by atoms with van der Waals surface area (Å²) in [5.74, 6) is 0. The van der Waals surface area contributed by atoms with Crippen molar-refractivity contribution in [2.75, 3.05) is 0 Å². The molecule has 1 aromatic carbocycles. The van der Waals surface area contributed by atoms with Crippen molar-refractivity contribution < 1.29 is 5.11 Å². The molecule has 12 heavy (non-hydrogen) atoms. The smallest absolute Gasteiger partial charge is 0.116 e. The number of hydrogen-bond donors (Lipinski definition) is 3. The van der Waals surface area contributed by atoms with Crippen molar-refractivity contribution in [3.05, 3.63) is 35.9 Å². The Morgan fingerprint density at radius 1 is 1.25 bits per heavy atom. The second-order valence-electron chi connectivity index (χ2n) is 2.98. The van der Waals surface area contributed by atoms with Gasteiger partial charge in [-0.3, -0.25) is 0 Å². The molecule has 0 radical (unpaired) electrons. The summed E-state index contributed by atoms with van der Waals surface area (Å²) >= 11 is 0. The Hall–Kier alpha value is -0.900. The normalized spacial score (nSPS) is 14.3. The zero-order valence-electron chi connectivity index (χ0n) is 7.07. The lowest BCUT2D eigenvalue weighted by molar-refractivity contribution is 0.103. The average molecular weight is 166 g/mol. The quantitative estimate of drug-likeness (QED) is 0.547. The molecule has 1 aromatic rings. The molecule has 0 aliphatic carbocycles. The van der Waals surface area contributed by atoms with E-state index in [1.165, 1.54) is 0 Å². The maximum absolute atomic E-state index is 9.28. The Morgan fingerprint density at radius 3 is 2.17 bits per heavy atom. The van der Waals surface area contributed by atoms with Gasteiger partial charge in [0.1, 0.15) is 5.66 Å². The summed E-state index contributed by atoms with van der Waals surface area (Å²) in [5.41, 5.74) is 11.0. The van der Waals surface area contributed by atoms with E-state index in [0.29, 0.717) is 0 Å². The lowest BCUT2D eigenvalue weighted by atomic mass is 9.96. The first-order valence-corrected chi connectivity index (χ1v) is 3.86. The second-order valence-corrected chi connectivity index (χ2v) is 2.98. The summed E-state index contributed by atoms with van der Waals surface area (Å²) in [4.78, 5) is 0. The van der Waals surface area contributed by atoms with Crippen LogP contribution in [-0.2, 0) is 5.66 Å². The van der Waals surface area contributed by atoms with Gasteiger partial charge in [-0.2, -0.15) is 0 Å². The van der Waals surface area contributed by atoms with Crippen molar-refractivity contribution >= 4 is 0 Å². The Morgan fingerprint density at radius 2 is 1.75 bits per heavy atom. The Kier molecular flexibility index (Phi) is 2.47. The Balaban J connectivity index is 2.98. The van der Waals surface area contributed by atoms with Crippen LogP contribution in [0.25, 0.3) is 0 Å². The molecule has 5 N–H and O–H groups in total. The molecular weight excluding hydrogens is 152 g/mol. The predicted molar refractivity (Wildman–Crippen MR) is 48.2 cm³/mol. The van der Waals surface area contributed by atoms with Crippen LogP contribution in [0, 0.1) is 0 Å². The molecule has 0 amide bonds. The minimum Gasteiger partial charge on any atom is -0.390 e. The minimum absolute atomic E-state index is 0.736. The van der Waals surface area contributed by atoms with Crippen LogP contribution in [0.4, 0.5) is 0 Å². The lowest BCUT2D eigenvalue weighted by Gasteiger charge is -2.27. The van der Waals surface area contributed by atoms with Crippen LogP contribution in [0.5, 0.6) is 0 Å². The number of benzene rings is 1. The number of aliphatic hydroxyl groups is 1. The monoisotopic (exact) mass is 166 g/mol. The molecule has 1 rings (SSSR count). The van der Waals surface area contributed by atoms with Crippen molar-refractivity contribution in [2.45, 2.75) is 18.7 Å². The standard InChI is InChI=1S/C9H14N2O/c1-7(12)9(10,11)8-5-3-2-4-6-8/h2-7,12H,10-11H2,1H3. The van der Waals surface area contributed by atoms with E-state index < -0.39 is 11.8 Å². The first-order valence-electron chi connectivity index (χ1n) is 3.86. The number of rotatable bonds is 2. The molecule has 0 heterocycles. The van der Waals surface area contributed by atoms with Crippen LogP contribution in [0.3, 0.4) is 0 Å². The fraction of sp³-hybridized carbons (Fsp3) is 0.333. The first-order chi connectivity index (χ1) is 5.55. The Bertz CT molecular complexity index is 244. The van der Waals surface area contributed by atoms with Gasteiger partial charge in [0.05, 0.1) is 6.10 Å². The topological polar surface area (TPSA) is 72.3 Å². The van der Waals surface area contributed by atoms with Gasteiger partial charge in [0.15, 0.2) is 0 Å². The van der Waals surface area contributed by atoms with Gasteiger partial charge in [-0.25, -0.2) is 0 Å². The van der Waals surface area contributed by atoms with Gasteiger partial charge in [0, 0.05) is 0 Å². The van der Waals surface area contributed by atoms with Gasteiger partial charge in [-0.15, -0.1) is 0 Å². The van der Waals surface area contributed by atoms with Crippen LogP contribution in [0.2, 0.25) is 0 Å². The van der Waals surface area contributed by atoms with E-state index in [1.807, 2.05) is 18.2 Å². The number of aliphatic hydroxyl groups excluding tert-OH is 1.